The van der Waals surface area contributed by atoms with E-state index < -0.39 is 5.91 Å². The second-order valence-electron chi connectivity index (χ2n) is 5.56. The van der Waals surface area contributed by atoms with Gasteiger partial charge in [0, 0.05) is 5.56 Å². The summed E-state index contributed by atoms with van der Waals surface area (Å²) < 4.78 is 6.38. The number of ether oxygens (including phenoxy) is 1. The Kier molecular flexibility index (Phi) is 6.81. The summed E-state index contributed by atoms with van der Waals surface area (Å²) in [6.45, 7) is 4.89. The summed E-state index contributed by atoms with van der Waals surface area (Å²) in [6, 6.07) is 8.52. The Hall–Kier alpha value is -1.86. The van der Waals surface area contributed by atoms with E-state index in [9.17, 15) is 9.59 Å². The van der Waals surface area contributed by atoms with Gasteiger partial charge in [-0.2, -0.15) is 0 Å². The summed E-state index contributed by atoms with van der Waals surface area (Å²) in [5.74, 6) is 0.524. The lowest BCUT2D eigenvalue weighted by atomic mass is 10.1. The zero-order valence-corrected chi connectivity index (χ0v) is 15.9. The van der Waals surface area contributed by atoms with Crippen molar-refractivity contribution in [3.63, 3.8) is 0 Å². The molecule has 0 aliphatic carbocycles. The maximum absolute atomic E-state index is 12.1. The molecule has 5 nitrogen and oxygen atoms in total. The Labute approximate surface area is 153 Å². The Morgan fingerprint density at radius 1 is 1.21 bits per heavy atom. The van der Waals surface area contributed by atoms with Crippen molar-refractivity contribution >= 4 is 39.1 Å². The van der Waals surface area contributed by atoms with Crippen LogP contribution in [0.3, 0.4) is 0 Å². The van der Waals surface area contributed by atoms with Crippen molar-refractivity contribution in [2.75, 3.05) is 6.61 Å². The first-order chi connectivity index (χ1) is 11.5. The lowest BCUT2D eigenvalue weighted by molar-refractivity contribution is 0.0849. The number of hydrazine groups is 1. The van der Waals surface area contributed by atoms with Crippen molar-refractivity contribution in [2.45, 2.75) is 20.3 Å². The third-order valence-electron chi connectivity index (χ3n) is 3.18. The smallest absolute Gasteiger partial charge is 0.279 e. The van der Waals surface area contributed by atoms with Crippen LogP contribution in [0.4, 0.5) is 0 Å². The number of halogens is 1. The van der Waals surface area contributed by atoms with E-state index in [1.54, 1.807) is 35.7 Å². The fourth-order valence-corrected chi connectivity index (χ4v) is 2.93. The molecular weight excluding hydrogens is 392 g/mol. The third kappa shape index (κ3) is 5.35. The molecule has 0 aliphatic rings. The summed E-state index contributed by atoms with van der Waals surface area (Å²) in [5, 5.41) is 1.80. The quantitative estimate of drug-likeness (QED) is 0.706. The molecule has 24 heavy (non-hydrogen) atoms. The lowest BCUT2D eigenvalue weighted by Crippen LogP contribution is -2.41. The van der Waals surface area contributed by atoms with Gasteiger partial charge in [-0.15, -0.1) is 11.3 Å². The second kappa shape index (κ2) is 8.84. The van der Waals surface area contributed by atoms with Gasteiger partial charge < -0.3 is 4.74 Å². The molecule has 0 atom stereocenters. The minimum atomic E-state index is -0.394. The van der Waals surface area contributed by atoms with Crippen LogP contribution < -0.4 is 15.6 Å². The van der Waals surface area contributed by atoms with Crippen molar-refractivity contribution in [2.24, 2.45) is 5.92 Å². The number of carbonyl (C=O) groups is 2. The molecule has 1 heterocycles. The monoisotopic (exact) mass is 410 g/mol. The normalized spacial score (nSPS) is 10.5. The summed E-state index contributed by atoms with van der Waals surface area (Å²) >= 11 is 4.71. The van der Waals surface area contributed by atoms with Gasteiger partial charge in [0.15, 0.2) is 0 Å². The number of benzene rings is 1. The molecule has 2 N–H and O–H groups in total. The molecule has 0 spiro atoms. The van der Waals surface area contributed by atoms with Gasteiger partial charge in [-0.05, 0) is 57.9 Å². The van der Waals surface area contributed by atoms with E-state index in [4.69, 9.17) is 4.74 Å². The maximum Gasteiger partial charge on any atom is 0.279 e. The minimum Gasteiger partial charge on any atom is -0.492 e. The van der Waals surface area contributed by atoms with E-state index in [1.165, 1.54) is 11.3 Å². The first kappa shape index (κ1) is 18.5. The highest BCUT2D eigenvalue weighted by molar-refractivity contribution is 9.10. The molecule has 2 aromatic rings. The molecule has 1 aromatic carbocycles. The van der Waals surface area contributed by atoms with Crippen LogP contribution in [0, 0.1) is 5.92 Å². The lowest BCUT2D eigenvalue weighted by Gasteiger charge is -2.11. The Morgan fingerprint density at radius 3 is 2.58 bits per heavy atom. The van der Waals surface area contributed by atoms with Crippen molar-refractivity contribution in [1.82, 2.24) is 10.9 Å². The van der Waals surface area contributed by atoms with Crippen molar-refractivity contribution in [3.8, 4) is 5.75 Å². The van der Waals surface area contributed by atoms with Crippen LogP contribution in [0.1, 0.15) is 40.3 Å². The summed E-state index contributed by atoms with van der Waals surface area (Å²) in [6.07, 6.45) is 0.962. The van der Waals surface area contributed by atoms with Gasteiger partial charge in [0.2, 0.25) is 0 Å². The zero-order chi connectivity index (χ0) is 17.5. The number of thiophene rings is 1. The van der Waals surface area contributed by atoms with E-state index >= 15 is 0 Å². The Balaban J connectivity index is 1.90. The first-order valence-electron chi connectivity index (χ1n) is 7.54. The highest BCUT2D eigenvalue weighted by Gasteiger charge is 2.12. The number of rotatable bonds is 6. The summed E-state index contributed by atoms with van der Waals surface area (Å²) in [7, 11) is 0. The molecule has 2 rings (SSSR count). The highest BCUT2D eigenvalue weighted by Crippen LogP contribution is 2.26. The third-order valence-corrected chi connectivity index (χ3v) is 4.67. The van der Waals surface area contributed by atoms with Gasteiger partial charge >= 0.3 is 0 Å². The standard InChI is InChI=1S/C17H19BrN2O3S/c1-11(2)7-8-23-14-6-5-12(10-13(14)18)16(21)19-20-17(22)15-4-3-9-24-15/h3-6,9-11H,7-8H2,1-2H3,(H,19,21)(H,20,22). The van der Waals surface area contributed by atoms with Gasteiger partial charge in [-0.1, -0.05) is 19.9 Å². The SMILES string of the molecule is CC(C)CCOc1ccc(C(=O)NNC(=O)c2cccs2)cc1Br. The van der Waals surface area contributed by atoms with Crippen LogP contribution in [-0.4, -0.2) is 18.4 Å². The number of amides is 2. The Morgan fingerprint density at radius 2 is 1.96 bits per heavy atom. The molecule has 0 aliphatic heterocycles. The average Bonchev–Trinajstić information content (AvgIpc) is 3.08. The predicted octanol–water partition coefficient (Wildman–Crippen LogP) is 4.01. The van der Waals surface area contributed by atoms with Crippen molar-refractivity contribution in [3.05, 3.63) is 50.6 Å². The molecular formula is C17H19BrN2O3S. The van der Waals surface area contributed by atoms with Crippen molar-refractivity contribution in [1.29, 1.82) is 0 Å². The average molecular weight is 411 g/mol. The molecule has 0 fully saturated rings. The van der Waals surface area contributed by atoms with Crippen LogP contribution in [0.25, 0.3) is 0 Å². The van der Waals surface area contributed by atoms with Crippen LogP contribution in [0.5, 0.6) is 5.75 Å². The topological polar surface area (TPSA) is 67.4 Å². The van der Waals surface area contributed by atoms with E-state index in [2.05, 4.69) is 40.6 Å². The molecule has 0 saturated heterocycles. The number of nitrogens with one attached hydrogen (secondary N) is 2. The number of hydrogen-bond donors (Lipinski definition) is 2. The first-order valence-corrected chi connectivity index (χ1v) is 9.21. The van der Waals surface area contributed by atoms with Gasteiger partial charge in [0.05, 0.1) is 16.0 Å². The molecule has 128 valence electrons. The van der Waals surface area contributed by atoms with Crippen molar-refractivity contribution < 1.29 is 14.3 Å². The van der Waals surface area contributed by atoms with Crippen LogP contribution in [0.15, 0.2) is 40.2 Å². The van der Waals surface area contributed by atoms with Crippen LogP contribution in [0.2, 0.25) is 0 Å². The zero-order valence-electron chi connectivity index (χ0n) is 13.5. The molecule has 2 amide bonds. The van der Waals surface area contributed by atoms with E-state index in [0.717, 1.165) is 6.42 Å². The summed E-state index contributed by atoms with van der Waals surface area (Å²) in [5.41, 5.74) is 5.21. The van der Waals surface area contributed by atoms with Crippen LogP contribution >= 0.6 is 27.3 Å². The van der Waals surface area contributed by atoms with E-state index in [1.807, 2.05) is 0 Å². The molecule has 0 unspecified atom stereocenters. The van der Waals surface area contributed by atoms with Gasteiger partial charge in [0.25, 0.3) is 11.8 Å². The van der Waals surface area contributed by atoms with Gasteiger partial charge in [-0.25, -0.2) is 0 Å². The predicted molar refractivity (Wildman–Crippen MR) is 98.3 cm³/mol. The molecule has 1 aromatic heterocycles. The van der Waals surface area contributed by atoms with Gasteiger partial charge in [-0.3, -0.25) is 20.4 Å². The minimum absolute atomic E-state index is 0.342. The molecule has 0 radical (unpaired) electrons. The van der Waals surface area contributed by atoms with E-state index in [0.29, 0.717) is 33.2 Å². The van der Waals surface area contributed by atoms with E-state index in [-0.39, 0.29) is 5.91 Å². The Bertz CT molecular complexity index is 702. The summed E-state index contributed by atoms with van der Waals surface area (Å²) in [4.78, 5) is 24.4. The fraction of sp³-hybridized carbons (Fsp3) is 0.294. The number of carbonyl (C=O) groups excluding carboxylic acids is 2. The molecule has 0 bridgehead atoms. The maximum atomic E-state index is 12.1. The largest absolute Gasteiger partial charge is 0.492 e. The fourth-order valence-electron chi connectivity index (χ4n) is 1.82. The molecule has 7 heteroatoms. The van der Waals surface area contributed by atoms with Gasteiger partial charge in [0.1, 0.15) is 5.75 Å². The highest BCUT2D eigenvalue weighted by atomic mass is 79.9. The number of hydrogen-bond acceptors (Lipinski definition) is 4. The second-order valence-corrected chi connectivity index (χ2v) is 7.36. The molecule has 0 saturated carbocycles. The van der Waals surface area contributed by atoms with Crippen LogP contribution in [-0.2, 0) is 0 Å².